The normalized spacial score (nSPS) is 17.7. The molecular weight excluding hydrogens is 232 g/mol. The first kappa shape index (κ1) is 12.7. The Kier molecular flexibility index (Phi) is 4.07. The molecule has 0 fully saturated rings. The summed E-state index contributed by atoms with van der Waals surface area (Å²) in [4.78, 5) is 11.3. The summed E-state index contributed by atoms with van der Waals surface area (Å²) in [6.07, 6.45) is 2.89. The minimum absolute atomic E-state index is 0.0312. The first-order valence-corrected chi connectivity index (χ1v) is 6.33. The molecule has 2 rings (SSSR count). The molecule has 1 aliphatic heterocycles. The fourth-order valence-electron chi connectivity index (χ4n) is 2.13. The van der Waals surface area contributed by atoms with Gasteiger partial charge in [-0.25, -0.2) is 0 Å². The number of aromatic hydroxyl groups is 1. The summed E-state index contributed by atoms with van der Waals surface area (Å²) in [7, 11) is 0. The largest absolute Gasteiger partial charge is 0.508 e. The SMILES string of the molecule is CCOC(=O)CC[C@H]1CCc2ccc(O)cc2O1. The van der Waals surface area contributed by atoms with Crippen LogP contribution in [0.3, 0.4) is 0 Å². The second-order valence-corrected chi connectivity index (χ2v) is 4.41. The third kappa shape index (κ3) is 3.15. The van der Waals surface area contributed by atoms with Crippen LogP contribution in [-0.4, -0.2) is 23.8 Å². The standard InChI is InChI=1S/C14H18O4/c1-2-17-14(16)8-7-12-6-4-10-3-5-11(15)9-13(10)18-12/h3,5,9,12,15H,2,4,6-8H2,1H3/t12-/m1/s1. The van der Waals surface area contributed by atoms with E-state index in [-0.39, 0.29) is 17.8 Å². The van der Waals surface area contributed by atoms with Crippen LogP contribution in [0, 0.1) is 0 Å². The number of aryl methyl sites for hydroxylation is 1. The predicted octanol–water partition coefficient (Wildman–Crippen LogP) is 2.43. The lowest BCUT2D eigenvalue weighted by molar-refractivity contribution is -0.143. The van der Waals surface area contributed by atoms with Crippen LogP contribution >= 0.6 is 0 Å². The van der Waals surface area contributed by atoms with Gasteiger partial charge in [-0.2, -0.15) is 0 Å². The molecule has 4 heteroatoms. The molecule has 1 heterocycles. The Balaban J connectivity index is 1.89. The zero-order chi connectivity index (χ0) is 13.0. The molecule has 0 spiro atoms. The van der Waals surface area contributed by atoms with Gasteiger partial charge in [-0.15, -0.1) is 0 Å². The number of carbonyl (C=O) groups excluding carboxylic acids is 1. The molecule has 0 unspecified atom stereocenters. The molecule has 0 amide bonds. The highest BCUT2D eigenvalue weighted by molar-refractivity contribution is 5.69. The smallest absolute Gasteiger partial charge is 0.305 e. The molecule has 1 N–H and O–H groups in total. The highest BCUT2D eigenvalue weighted by atomic mass is 16.5. The monoisotopic (exact) mass is 250 g/mol. The Labute approximate surface area is 107 Å². The number of phenols is 1. The molecule has 0 aromatic heterocycles. The maximum absolute atomic E-state index is 11.3. The van der Waals surface area contributed by atoms with E-state index in [9.17, 15) is 9.90 Å². The number of hydrogen-bond donors (Lipinski definition) is 1. The maximum atomic E-state index is 11.3. The van der Waals surface area contributed by atoms with Crippen molar-refractivity contribution in [3.8, 4) is 11.5 Å². The molecule has 0 radical (unpaired) electrons. The lowest BCUT2D eigenvalue weighted by atomic mass is 9.99. The van der Waals surface area contributed by atoms with Gasteiger partial charge in [-0.05, 0) is 37.8 Å². The maximum Gasteiger partial charge on any atom is 0.305 e. The molecule has 1 aromatic rings. The van der Waals surface area contributed by atoms with Gasteiger partial charge in [0.2, 0.25) is 0 Å². The van der Waals surface area contributed by atoms with Crippen LogP contribution in [0.25, 0.3) is 0 Å². The van der Waals surface area contributed by atoms with Gasteiger partial charge in [0.1, 0.15) is 11.5 Å². The molecule has 4 nitrogen and oxygen atoms in total. The second kappa shape index (κ2) is 5.76. The van der Waals surface area contributed by atoms with Crippen LogP contribution in [0.2, 0.25) is 0 Å². The van der Waals surface area contributed by atoms with E-state index >= 15 is 0 Å². The highest BCUT2D eigenvalue weighted by Gasteiger charge is 2.21. The van der Waals surface area contributed by atoms with Gasteiger partial charge < -0.3 is 14.6 Å². The van der Waals surface area contributed by atoms with Gasteiger partial charge in [-0.3, -0.25) is 4.79 Å². The van der Waals surface area contributed by atoms with Crippen molar-refractivity contribution in [1.29, 1.82) is 0 Å². The third-order valence-electron chi connectivity index (χ3n) is 3.06. The molecule has 0 bridgehead atoms. The summed E-state index contributed by atoms with van der Waals surface area (Å²) in [6, 6.07) is 5.18. The minimum atomic E-state index is -0.178. The summed E-state index contributed by atoms with van der Waals surface area (Å²) in [5.74, 6) is 0.762. The van der Waals surface area contributed by atoms with Gasteiger partial charge >= 0.3 is 5.97 Å². The first-order chi connectivity index (χ1) is 8.69. The zero-order valence-electron chi connectivity index (χ0n) is 10.5. The zero-order valence-corrected chi connectivity index (χ0v) is 10.5. The lowest BCUT2D eigenvalue weighted by Crippen LogP contribution is -2.23. The van der Waals surface area contributed by atoms with E-state index in [0.717, 1.165) is 24.2 Å². The summed E-state index contributed by atoms with van der Waals surface area (Å²) in [5.41, 5.74) is 1.11. The van der Waals surface area contributed by atoms with E-state index in [1.54, 1.807) is 19.1 Å². The highest BCUT2D eigenvalue weighted by Crippen LogP contribution is 2.31. The van der Waals surface area contributed by atoms with Gasteiger partial charge in [0.15, 0.2) is 0 Å². The molecule has 0 saturated heterocycles. The minimum Gasteiger partial charge on any atom is -0.508 e. The number of phenolic OH excluding ortho intramolecular Hbond substituents is 1. The lowest BCUT2D eigenvalue weighted by Gasteiger charge is -2.26. The Morgan fingerprint density at radius 3 is 3.17 bits per heavy atom. The fraction of sp³-hybridized carbons (Fsp3) is 0.500. The van der Waals surface area contributed by atoms with Crippen molar-refractivity contribution in [1.82, 2.24) is 0 Å². The van der Waals surface area contributed by atoms with Crippen molar-refractivity contribution >= 4 is 5.97 Å². The number of rotatable bonds is 4. The Morgan fingerprint density at radius 1 is 1.56 bits per heavy atom. The second-order valence-electron chi connectivity index (χ2n) is 4.41. The van der Waals surface area contributed by atoms with Crippen LogP contribution in [0.15, 0.2) is 18.2 Å². The van der Waals surface area contributed by atoms with Crippen molar-refractivity contribution in [2.45, 2.75) is 38.7 Å². The molecular formula is C14H18O4. The van der Waals surface area contributed by atoms with Crippen LogP contribution in [0.1, 0.15) is 31.7 Å². The van der Waals surface area contributed by atoms with Crippen LogP contribution in [0.5, 0.6) is 11.5 Å². The summed E-state index contributed by atoms with van der Waals surface area (Å²) in [5, 5.41) is 9.41. The third-order valence-corrected chi connectivity index (χ3v) is 3.06. The van der Waals surface area contributed by atoms with Gasteiger partial charge in [0.05, 0.1) is 12.7 Å². The summed E-state index contributed by atoms with van der Waals surface area (Å²) < 4.78 is 10.7. The summed E-state index contributed by atoms with van der Waals surface area (Å²) in [6.45, 7) is 2.22. The summed E-state index contributed by atoms with van der Waals surface area (Å²) >= 11 is 0. The molecule has 0 saturated carbocycles. The quantitative estimate of drug-likeness (QED) is 0.834. The average molecular weight is 250 g/mol. The number of carbonyl (C=O) groups is 1. The molecule has 1 atom stereocenters. The molecule has 1 aliphatic rings. The van der Waals surface area contributed by atoms with E-state index in [0.29, 0.717) is 19.4 Å². The first-order valence-electron chi connectivity index (χ1n) is 6.33. The molecule has 1 aromatic carbocycles. The average Bonchev–Trinajstić information content (AvgIpc) is 2.36. The van der Waals surface area contributed by atoms with E-state index in [1.165, 1.54) is 0 Å². The molecule has 18 heavy (non-hydrogen) atoms. The Hall–Kier alpha value is -1.71. The van der Waals surface area contributed by atoms with E-state index in [1.807, 2.05) is 6.07 Å². The van der Waals surface area contributed by atoms with Gasteiger partial charge in [-0.1, -0.05) is 6.07 Å². The van der Waals surface area contributed by atoms with Crippen LogP contribution < -0.4 is 4.74 Å². The van der Waals surface area contributed by atoms with Crippen LogP contribution in [-0.2, 0) is 16.0 Å². The van der Waals surface area contributed by atoms with E-state index in [2.05, 4.69) is 0 Å². The van der Waals surface area contributed by atoms with Crippen molar-refractivity contribution in [3.63, 3.8) is 0 Å². The Morgan fingerprint density at radius 2 is 2.39 bits per heavy atom. The predicted molar refractivity (Wildman–Crippen MR) is 66.7 cm³/mol. The van der Waals surface area contributed by atoms with Gasteiger partial charge in [0.25, 0.3) is 0 Å². The number of ether oxygens (including phenoxy) is 2. The van der Waals surface area contributed by atoms with E-state index < -0.39 is 0 Å². The van der Waals surface area contributed by atoms with E-state index in [4.69, 9.17) is 9.47 Å². The molecule has 0 aliphatic carbocycles. The van der Waals surface area contributed by atoms with Crippen molar-refractivity contribution in [2.24, 2.45) is 0 Å². The number of esters is 1. The number of fused-ring (bicyclic) bond motifs is 1. The van der Waals surface area contributed by atoms with Crippen LogP contribution in [0.4, 0.5) is 0 Å². The Bertz CT molecular complexity index is 428. The van der Waals surface area contributed by atoms with Gasteiger partial charge in [0, 0.05) is 12.5 Å². The number of hydrogen-bond acceptors (Lipinski definition) is 4. The number of benzene rings is 1. The van der Waals surface area contributed by atoms with Crippen molar-refractivity contribution in [3.05, 3.63) is 23.8 Å². The van der Waals surface area contributed by atoms with Crippen molar-refractivity contribution < 1.29 is 19.4 Å². The fourth-order valence-corrected chi connectivity index (χ4v) is 2.13. The van der Waals surface area contributed by atoms with Crippen molar-refractivity contribution in [2.75, 3.05) is 6.61 Å². The molecule has 98 valence electrons. The topological polar surface area (TPSA) is 55.8 Å².